The van der Waals surface area contributed by atoms with Crippen molar-refractivity contribution in [1.82, 2.24) is 4.72 Å². The van der Waals surface area contributed by atoms with E-state index in [1.54, 1.807) is 38.1 Å². The van der Waals surface area contributed by atoms with Crippen LogP contribution in [0.3, 0.4) is 0 Å². The number of guanidine groups is 1. The maximum Gasteiger partial charge on any atom is 0.573 e. The minimum Gasteiger partial charge on any atom is -0.404 e. The fourth-order valence-corrected chi connectivity index (χ4v) is 4.08. The second-order valence-corrected chi connectivity index (χ2v) is 8.42. The fraction of sp³-hybridized carbons (Fsp3) is 0.316. The Labute approximate surface area is 196 Å². The first-order valence-corrected chi connectivity index (χ1v) is 10.6. The Balaban J connectivity index is 0.00000480. The number of nitrogens with zero attached hydrogens (tertiary/aromatic N) is 1. The highest BCUT2D eigenvalue weighted by Crippen LogP contribution is 2.29. The maximum absolute atomic E-state index is 12.5. The molecule has 31 heavy (non-hydrogen) atoms. The van der Waals surface area contributed by atoms with Crippen LogP contribution in [0.2, 0.25) is 0 Å². The molecule has 172 valence electrons. The maximum atomic E-state index is 12.5. The van der Waals surface area contributed by atoms with E-state index in [0.29, 0.717) is 11.1 Å². The number of hydrogen-bond donors (Lipinski definition) is 3. The molecule has 0 spiro atoms. The van der Waals surface area contributed by atoms with Gasteiger partial charge in [0.2, 0.25) is 10.0 Å². The predicted molar refractivity (Wildman–Crippen MR) is 125 cm³/mol. The summed E-state index contributed by atoms with van der Waals surface area (Å²) in [5, 5.41) is 2.57. The number of hydrogen-bond acceptors (Lipinski definition) is 4. The van der Waals surface area contributed by atoms with Crippen LogP contribution in [-0.2, 0) is 22.3 Å². The number of sulfonamides is 1. The van der Waals surface area contributed by atoms with E-state index in [1.165, 1.54) is 18.2 Å². The number of anilines is 1. The van der Waals surface area contributed by atoms with E-state index in [2.05, 4.69) is 19.8 Å². The van der Waals surface area contributed by atoms with Gasteiger partial charge in [0.1, 0.15) is 0 Å². The topological polar surface area (TPSA) is 106 Å². The molecular formula is C19H24F3IN4O3S. The van der Waals surface area contributed by atoms with Gasteiger partial charge >= 0.3 is 6.36 Å². The van der Waals surface area contributed by atoms with Gasteiger partial charge in [0.15, 0.2) is 11.7 Å². The average Bonchev–Trinajstić information content (AvgIpc) is 2.60. The molecule has 0 fully saturated rings. The van der Waals surface area contributed by atoms with E-state index in [-0.39, 0.29) is 54.0 Å². The van der Waals surface area contributed by atoms with Gasteiger partial charge in [0.25, 0.3) is 0 Å². The summed E-state index contributed by atoms with van der Waals surface area (Å²) in [6, 6.07) is 12.0. The molecule has 4 N–H and O–H groups in total. The standard InChI is InChI=1S/C19H23F3N4O3S.HI/c1-13(2)26-30(27,28)12-15-8-4-3-7-14(15)11-24-18(23)25-16-9-5-6-10-17(16)29-19(20,21)22;/h3-10,13,26H,11-12H2,1-2H3,(H3,23,24,25);1H. The molecule has 0 atom stereocenters. The van der Waals surface area contributed by atoms with Crippen molar-refractivity contribution in [3.05, 3.63) is 59.7 Å². The largest absolute Gasteiger partial charge is 0.573 e. The Bertz CT molecular complexity index is 999. The molecule has 2 rings (SSSR count). The van der Waals surface area contributed by atoms with Crippen molar-refractivity contribution in [2.24, 2.45) is 10.7 Å². The lowest BCUT2D eigenvalue weighted by atomic mass is 10.1. The van der Waals surface area contributed by atoms with Crippen LogP contribution in [0.25, 0.3) is 0 Å². The van der Waals surface area contributed by atoms with E-state index < -0.39 is 22.1 Å². The molecule has 0 unspecified atom stereocenters. The van der Waals surface area contributed by atoms with E-state index in [9.17, 15) is 21.6 Å². The predicted octanol–water partition coefficient (Wildman–Crippen LogP) is 3.96. The Morgan fingerprint density at radius 1 is 1.10 bits per heavy atom. The molecule has 0 aliphatic heterocycles. The summed E-state index contributed by atoms with van der Waals surface area (Å²) < 4.78 is 68.4. The first-order valence-electron chi connectivity index (χ1n) is 8.94. The lowest BCUT2D eigenvalue weighted by Crippen LogP contribution is -2.31. The molecule has 0 heterocycles. The van der Waals surface area contributed by atoms with Crippen LogP contribution in [-0.4, -0.2) is 26.8 Å². The summed E-state index contributed by atoms with van der Waals surface area (Å²) in [4.78, 5) is 4.11. The number of benzene rings is 2. The molecule has 7 nitrogen and oxygen atoms in total. The van der Waals surface area contributed by atoms with Crippen molar-refractivity contribution < 1.29 is 26.3 Å². The SMILES string of the molecule is CC(C)NS(=O)(=O)Cc1ccccc1CN=C(N)Nc1ccccc1OC(F)(F)F.I. The van der Waals surface area contributed by atoms with Crippen LogP contribution in [0.4, 0.5) is 18.9 Å². The first-order chi connectivity index (χ1) is 14.0. The van der Waals surface area contributed by atoms with Gasteiger partial charge in [-0.25, -0.2) is 18.1 Å². The smallest absolute Gasteiger partial charge is 0.404 e. The highest BCUT2D eigenvalue weighted by molar-refractivity contribution is 14.0. The van der Waals surface area contributed by atoms with Gasteiger partial charge in [-0.15, -0.1) is 37.1 Å². The summed E-state index contributed by atoms with van der Waals surface area (Å²) in [5.41, 5.74) is 6.96. The number of alkyl halides is 3. The lowest BCUT2D eigenvalue weighted by Gasteiger charge is -2.14. The Hall–Kier alpha value is -2.06. The first kappa shape index (κ1) is 27.0. The van der Waals surface area contributed by atoms with Gasteiger partial charge in [0.05, 0.1) is 18.0 Å². The second kappa shape index (κ2) is 11.5. The molecule has 0 aliphatic rings. The number of rotatable bonds is 8. The zero-order chi connectivity index (χ0) is 22.4. The summed E-state index contributed by atoms with van der Waals surface area (Å²) >= 11 is 0. The van der Waals surface area contributed by atoms with Crippen LogP contribution < -0.4 is 20.5 Å². The average molecular weight is 572 g/mol. The molecule has 12 heteroatoms. The van der Waals surface area contributed by atoms with Crippen LogP contribution in [0.1, 0.15) is 25.0 Å². The molecule has 0 saturated carbocycles. The summed E-state index contributed by atoms with van der Waals surface area (Å²) in [7, 11) is -3.53. The Kier molecular flexibility index (Phi) is 10.0. The second-order valence-electron chi connectivity index (χ2n) is 6.67. The molecular weight excluding hydrogens is 548 g/mol. The zero-order valence-electron chi connectivity index (χ0n) is 16.8. The minimum atomic E-state index is -4.85. The van der Waals surface area contributed by atoms with Gasteiger partial charge < -0.3 is 15.8 Å². The van der Waals surface area contributed by atoms with Crippen LogP contribution in [0, 0.1) is 0 Å². The zero-order valence-corrected chi connectivity index (χ0v) is 20.0. The molecule has 0 aliphatic carbocycles. The third kappa shape index (κ3) is 9.74. The normalized spacial score (nSPS) is 12.4. The van der Waals surface area contributed by atoms with Crippen molar-refractivity contribution in [2.45, 2.75) is 38.5 Å². The van der Waals surface area contributed by atoms with Crippen molar-refractivity contribution in [3.8, 4) is 5.75 Å². The molecule has 2 aromatic rings. The fourth-order valence-electron chi connectivity index (χ4n) is 2.59. The Morgan fingerprint density at radius 2 is 1.68 bits per heavy atom. The summed E-state index contributed by atoms with van der Waals surface area (Å²) in [6.07, 6.45) is -4.85. The minimum absolute atomic E-state index is 0. The van der Waals surface area contributed by atoms with Gasteiger partial charge in [0, 0.05) is 6.04 Å². The van der Waals surface area contributed by atoms with E-state index in [0.717, 1.165) is 6.07 Å². The van der Waals surface area contributed by atoms with E-state index >= 15 is 0 Å². The van der Waals surface area contributed by atoms with E-state index in [1.807, 2.05) is 0 Å². The number of nitrogens with two attached hydrogens (primary N) is 1. The van der Waals surface area contributed by atoms with Gasteiger partial charge in [-0.3, -0.25) is 0 Å². The lowest BCUT2D eigenvalue weighted by molar-refractivity contribution is -0.274. The third-order valence-corrected chi connectivity index (χ3v) is 5.20. The molecule has 0 saturated heterocycles. The van der Waals surface area contributed by atoms with Gasteiger partial charge in [-0.2, -0.15) is 0 Å². The quantitative estimate of drug-likeness (QED) is 0.253. The number of aliphatic imine (C=N–C) groups is 1. The van der Waals surface area contributed by atoms with Gasteiger partial charge in [-0.1, -0.05) is 36.4 Å². The van der Waals surface area contributed by atoms with Gasteiger partial charge in [-0.05, 0) is 37.1 Å². The van der Waals surface area contributed by atoms with Crippen LogP contribution >= 0.6 is 24.0 Å². The van der Waals surface area contributed by atoms with Crippen molar-refractivity contribution in [3.63, 3.8) is 0 Å². The number of nitrogens with one attached hydrogen (secondary N) is 2. The van der Waals surface area contributed by atoms with Crippen molar-refractivity contribution in [2.75, 3.05) is 5.32 Å². The third-order valence-electron chi connectivity index (χ3n) is 3.67. The highest BCUT2D eigenvalue weighted by Gasteiger charge is 2.32. The molecule has 0 bridgehead atoms. The summed E-state index contributed by atoms with van der Waals surface area (Å²) in [6.45, 7) is 3.48. The molecule has 2 aromatic carbocycles. The Morgan fingerprint density at radius 3 is 2.29 bits per heavy atom. The number of halogens is 4. The molecule has 0 radical (unpaired) electrons. The highest BCUT2D eigenvalue weighted by atomic mass is 127. The summed E-state index contributed by atoms with van der Waals surface area (Å²) in [5.74, 6) is -0.826. The molecule has 0 amide bonds. The monoisotopic (exact) mass is 572 g/mol. The molecule has 0 aromatic heterocycles. The number of para-hydroxylation sites is 2. The van der Waals surface area contributed by atoms with Crippen LogP contribution in [0.5, 0.6) is 5.75 Å². The van der Waals surface area contributed by atoms with Crippen molar-refractivity contribution >= 4 is 45.6 Å². The van der Waals surface area contributed by atoms with E-state index in [4.69, 9.17) is 5.73 Å². The van der Waals surface area contributed by atoms with Crippen molar-refractivity contribution in [1.29, 1.82) is 0 Å². The van der Waals surface area contributed by atoms with Crippen LogP contribution in [0.15, 0.2) is 53.5 Å². The number of ether oxygens (including phenoxy) is 1.